The second kappa shape index (κ2) is 4.14. The fraction of sp³-hybridized carbons (Fsp3) is 0.200. The van der Waals surface area contributed by atoms with Crippen molar-refractivity contribution < 1.29 is 4.79 Å². The van der Waals surface area contributed by atoms with Gasteiger partial charge in [0.05, 0.1) is 0 Å². The Hall–Kier alpha value is -1.22. The van der Waals surface area contributed by atoms with E-state index in [9.17, 15) is 4.79 Å². The molecule has 3 heteroatoms. The summed E-state index contributed by atoms with van der Waals surface area (Å²) in [5.41, 5.74) is 2.03. The van der Waals surface area contributed by atoms with Crippen molar-refractivity contribution in [2.24, 2.45) is 0 Å². The summed E-state index contributed by atoms with van der Waals surface area (Å²) in [7, 11) is 0. The van der Waals surface area contributed by atoms with Gasteiger partial charge in [0.25, 0.3) is 0 Å². The predicted molar refractivity (Wildman–Crippen MR) is 58.1 cm³/mol. The maximum Gasteiger partial charge on any atom is 0.187 e. The molecule has 1 N–H and O–H groups in total. The molecule has 0 fully saturated rings. The number of thiocarbonyl (C=S) groups is 1. The normalized spacial score (nSPS) is 9.38. The van der Waals surface area contributed by atoms with Crippen molar-refractivity contribution in [1.29, 1.82) is 0 Å². The molecule has 2 nitrogen and oxygen atoms in total. The van der Waals surface area contributed by atoms with Gasteiger partial charge in [-0.1, -0.05) is 29.9 Å². The first-order chi connectivity index (χ1) is 6.09. The molecule has 1 aromatic carbocycles. The van der Waals surface area contributed by atoms with E-state index in [-0.39, 0.29) is 10.8 Å². The lowest BCUT2D eigenvalue weighted by molar-refractivity contribution is -0.110. The number of Topliss-reactive ketones (excluding diaryl/α,β-unsaturated/α-hetero) is 1. The largest absolute Gasteiger partial charge is 0.344 e. The number of carbonyl (C=O) groups excluding carboxylic acids is 1. The number of benzene rings is 1. The maximum absolute atomic E-state index is 10.8. The van der Waals surface area contributed by atoms with Crippen molar-refractivity contribution in [3.05, 3.63) is 29.8 Å². The molecule has 0 saturated carbocycles. The first-order valence-corrected chi connectivity index (χ1v) is 4.39. The van der Waals surface area contributed by atoms with Gasteiger partial charge in [0.1, 0.15) is 4.99 Å². The van der Waals surface area contributed by atoms with Crippen molar-refractivity contribution in [3.63, 3.8) is 0 Å². The van der Waals surface area contributed by atoms with E-state index >= 15 is 0 Å². The molecule has 0 amide bonds. The molecule has 0 radical (unpaired) electrons. The fourth-order valence-corrected chi connectivity index (χ4v) is 0.974. The van der Waals surface area contributed by atoms with E-state index in [2.05, 4.69) is 5.32 Å². The molecule has 0 aliphatic carbocycles. The van der Waals surface area contributed by atoms with Gasteiger partial charge in [-0.15, -0.1) is 0 Å². The highest BCUT2D eigenvalue weighted by Crippen LogP contribution is 2.08. The minimum absolute atomic E-state index is 0.115. The molecule has 0 spiro atoms. The van der Waals surface area contributed by atoms with Gasteiger partial charge in [0, 0.05) is 12.6 Å². The fourth-order valence-electron chi connectivity index (χ4n) is 0.856. The summed E-state index contributed by atoms with van der Waals surface area (Å²) in [6.45, 7) is 3.45. The monoisotopic (exact) mass is 193 g/mol. The highest BCUT2D eigenvalue weighted by molar-refractivity contribution is 7.82. The predicted octanol–water partition coefficient (Wildman–Crippen LogP) is 2.32. The lowest BCUT2D eigenvalue weighted by Gasteiger charge is -2.04. The highest BCUT2D eigenvalue weighted by Gasteiger charge is 2.01. The van der Waals surface area contributed by atoms with E-state index in [0.717, 1.165) is 5.69 Å². The maximum atomic E-state index is 10.8. The van der Waals surface area contributed by atoms with Crippen LogP contribution < -0.4 is 5.32 Å². The standard InChI is InChI=1S/C10H11NOS/c1-7-3-5-9(6-4-7)11-10(13)8(2)12/h3-6H,1-2H3,(H,11,13). The Morgan fingerprint density at radius 2 is 1.85 bits per heavy atom. The molecule has 0 saturated heterocycles. The zero-order chi connectivity index (χ0) is 9.84. The van der Waals surface area contributed by atoms with Crippen LogP contribution in [-0.4, -0.2) is 10.8 Å². The van der Waals surface area contributed by atoms with Gasteiger partial charge in [0.2, 0.25) is 0 Å². The summed E-state index contributed by atoms with van der Waals surface area (Å²) >= 11 is 4.83. The number of ketones is 1. The van der Waals surface area contributed by atoms with E-state index in [0.29, 0.717) is 0 Å². The first-order valence-electron chi connectivity index (χ1n) is 3.98. The molecule has 1 aromatic rings. The summed E-state index contributed by atoms with van der Waals surface area (Å²) in [6.07, 6.45) is 0. The zero-order valence-corrected chi connectivity index (χ0v) is 8.44. The third-order valence-corrected chi connectivity index (χ3v) is 2.02. The molecule has 1 rings (SSSR count). The van der Waals surface area contributed by atoms with Crippen LogP contribution in [-0.2, 0) is 4.79 Å². The first kappa shape index (κ1) is 9.86. The third-order valence-electron chi connectivity index (χ3n) is 1.63. The Morgan fingerprint density at radius 3 is 2.31 bits per heavy atom. The molecule has 0 aromatic heterocycles. The van der Waals surface area contributed by atoms with E-state index < -0.39 is 0 Å². The smallest absolute Gasteiger partial charge is 0.187 e. The molecular weight excluding hydrogens is 182 g/mol. The molecule has 68 valence electrons. The van der Waals surface area contributed by atoms with Gasteiger partial charge in [-0.05, 0) is 19.1 Å². The Balaban J connectivity index is 2.70. The number of anilines is 1. The van der Waals surface area contributed by atoms with Gasteiger partial charge in [-0.2, -0.15) is 0 Å². The van der Waals surface area contributed by atoms with E-state index in [1.165, 1.54) is 12.5 Å². The lowest BCUT2D eigenvalue weighted by Crippen LogP contribution is -2.17. The summed E-state index contributed by atoms with van der Waals surface area (Å²) in [4.78, 5) is 11.1. The Labute approximate surface area is 83.0 Å². The quantitative estimate of drug-likeness (QED) is 0.731. The summed E-state index contributed by atoms with van der Waals surface area (Å²) in [5, 5.41) is 2.85. The average Bonchev–Trinajstić information content (AvgIpc) is 2.08. The van der Waals surface area contributed by atoms with Gasteiger partial charge in [0.15, 0.2) is 5.78 Å². The number of hydrogen-bond acceptors (Lipinski definition) is 2. The second-order valence-electron chi connectivity index (χ2n) is 2.88. The third kappa shape index (κ3) is 2.95. The summed E-state index contributed by atoms with van der Waals surface area (Å²) in [6, 6.07) is 7.71. The van der Waals surface area contributed by atoms with Gasteiger partial charge in [-0.3, -0.25) is 4.79 Å². The van der Waals surface area contributed by atoms with Crippen molar-refractivity contribution in [1.82, 2.24) is 0 Å². The number of carbonyl (C=O) groups is 1. The minimum atomic E-state index is -0.115. The van der Waals surface area contributed by atoms with Crippen molar-refractivity contribution >= 4 is 28.7 Å². The SMILES string of the molecule is CC(=O)C(=S)Nc1ccc(C)cc1. The van der Waals surface area contributed by atoms with Crippen molar-refractivity contribution in [3.8, 4) is 0 Å². The molecule has 13 heavy (non-hydrogen) atoms. The second-order valence-corrected chi connectivity index (χ2v) is 3.28. The van der Waals surface area contributed by atoms with Crippen LogP contribution in [0.4, 0.5) is 5.69 Å². The van der Waals surface area contributed by atoms with Crippen LogP contribution in [0.1, 0.15) is 12.5 Å². The molecule has 0 atom stereocenters. The number of aryl methyl sites for hydroxylation is 1. The average molecular weight is 193 g/mol. The molecule has 0 aliphatic rings. The Bertz CT molecular complexity index is 329. The van der Waals surface area contributed by atoms with Gasteiger partial charge >= 0.3 is 0 Å². The summed E-state index contributed by atoms with van der Waals surface area (Å²) < 4.78 is 0. The van der Waals surface area contributed by atoms with Gasteiger partial charge in [-0.25, -0.2) is 0 Å². The van der Waals surface area contributed by atoms with Crippen LogP contribution in [0.15, 0.2) is 24.3 Å². The zero-order valence-electron chi connectivity index (χ0n) is 7.63. The van der Waals surface area contributed by atoms with Gasteiger partial charge < -0.3 is 5.32 Å². The van der Waals surface area contributed by atoms with E-state index in [1.807, 2.05) is 31.2 Å². The van der Waals surface area contributed by atoms with Crippen LogP contribution >= 0.6 is 12.2 Å². The van der Waals surface area contributed by atoms with Crippen LogP contribution in [0.25, 0.3) is 0 Å². The van der Waals surface area contributed by atoms with Crippen molar-refractivity contribution in [2.75, 3.05) is 5.32 Å². The Morgan fingerprint density at radius 1 is 1.31 bits per heavy atom. The van der Waals surface area contributed by atoms with Crippen LogP contribution in [0.2, 0.25) is 0 Å². The minimum Gasteiger partial charge on any atom is -0.344 e. The van der Waals surface area contributed by atoms with Crippen LogP contribution in [0.3, 0.4) is 0 Å². The van der Waals surface area contributed by atoms with E-state index in [4.69, 9.17) is 12.2 Å². The van der Waals surface area contributed by atoms with Crippen LogP contribution in [0.5, 0.6) is 0 Å². The molecule has 0 bridgehead atoms. The number of rotatable bonds is 2. The number of nitrogens with one attached hydrogen (secondary N) is 1. The van der Waals surface area contributed by atoms with Crippen LogP contribution in [0, 0.1) is 6.92 Å². The molecular formula is C10H11NOS. The van der Waals surface area contributed by atoms with Crippen molar-refractivity contribution in [2.45, 2.75) is 13.8 Å². The lowest BCUT2D eigenvalue weighted by atomic mass is 10.2. The number of hydrogen-bond donors (Lipinski definition) is 1. The molecule has 0 aliphatic heterocycles. The van der Waals surface area contributed by atoms with E-state index in [1.54, 1.807) is 0 Å². The highest BCUT2D eigenvalue weighted by atomic mass is 32.1. The topological polar surface area (TPSA) is 29.1 Å². The Kier molecular flexibility index (Phi) is 3.14. The molecule has 0 unspecified atom stereocenters. The molecule has 0 heterocycles. The summed E-state index contributed by atoms with van der Waals surface area (Å²) in [5.74, 6) is -0.115.